The molecule has 8 heteroatoms. The van der Waals surface area contributed by atoms with E-state index in [-0.39, 0.29) is 29.7 Å². The van der Waals surface area contributed by atoms with Crippen molar-refractivity contribution < 1.29 is 9.72 Å². The van der Waals surface area contributed by atoms with Crippen LogP contribution in [0.1, 0.15) is 34.5 Å². The number of nitrogens with one attached hydrogen (secondary N) is 3. The summed E-state index contributed by atoms with van der Waals surface area (Å²) in [6.07, 6.45) is 3.15. The highest BCUT2D eigenvalue weighted by molar-refractivity contribution is 5.96. The molecule has 1 aromatic heterocycles. The number of hydrogen-bond acceptors (Lipinski definition) is 6. The van der Waals surface area contributed by atoms with E-state index in [9.17, 15) is 14.9 Å². The summed E-state index contributed by atoms with van der Waals surface area (Å²) in [6, 6.07) is 8.15. The summed E-state index contributed by atoms with van der Waals surface area (Å²) in [5.74, 6) is -0.270. The standard InChI is InChI=1S/C17H19N5O3/c1-10-3-4-13(22(24)25)9-14(10)17(23)19-16-11(2)15(20-21-16)12-5-7-18-8-6-12/h3-9,11,15-16,20-21H,1-2H3,(H,19,23). The number of rotatable bonds is 4. The second-order valence-electron chi connectivity index (χ2n) is 6.11. The van der Waals surface area contributed by atoms with Gasteiger partial charge in [-0.2, -0.15) is 0 Å². The number of non-ortho nitro benzene ring substituents is 1. The summed E-state index contributed by atoms with van der Waals surface area (Å²) >= 11 is 0. The number of nitro groups is 1. The van der Waals surface area contributed by atoms with Crippen LogP contribution in [-0.2, 0) is 0 Å². The van der Waals surface area contributed by atoms with Crippen LogP contribution in [0.3, 0.4) is 0 Å². The smallest absolute Gasteiger partial charge is 0.270 e. The molecule has 0 aliphatic carbocycles. The van der Waals surface area contributed by atoms with Crippen LogP contribution in [0.4, 0.5) is 5.69 Å². The fourth-order valence-electron chi connectivity index (χ4n) is 2.95. The molecular formula is C17H19N5O3. The average Bonchev–Trinajstić information content (AvgIpc) is 2.96. The van der Waals surface area contributed by atoms with Gasteiger partial charge in [0.15, 0.2) is 0 Å². The molecule has 0 radical (unpaired) electrons. The molecule has 8 nitrogen and oxygen atoms in total. The molecular weight excluding hydrogens is 322 g/mol. The average molecular weight is 341 g/mol. The lowest BCUT2D eigenvalue weighted by Gasteiger charge is -2.20. The van der Waals surface area contributed by atoms with E-state index < -0.39 is 4.92 Å². The highest BCUT2D eigenvalue weighted by atomic mass is 16.6. The predicted molar refractivity (Wildman–Crippen MR) is 91.5 cm³/mol. The van der Waals surface area contributed by atoms with Gasteiger partial charge in [0, 0.05) is 36.0 Å². The van der Waals surface area contributed by atoms with E-state index >= 15 is 0 Å². The van der Waals surface area contributed by atoms with Crippen molar-refractivity contribution in [1.82, 2.24) is 21.2 Å². The molecule has 130 valence electrons. The monoisotopic (exact) mass is 341 g/mol. The van der Waals surface area contributed by atoms with Gasteiger partial charge < -0.3 is 5.32 Å². The Labute approximate surface area is 144 Å². The maximum absolute atomic E-state index is 12.6. The topological polar surface area (TPSA) is 109 Å². The molecule has 2 heterocycles. The van der Waals surface area contributed by atoms with E-state index in [4.69, 9.17) is 0 Å². The van der Waals surface area contributed by atoms with E-state index in [1.807, 2.05) is 19.1 Å². The van der Waals surface area contributed by atoms with Gasteiger partial charge in [-0.15, -0.1) is 0 Å². The van der Waals surface area contributed by atoms with Gasteiger partial charge in [0.1, 0.15) is 0 Å². The van der Waals surface area contributed by atoms with Gasteiger partial charge in [-0.1, -0.05) is 13.0 Å². The highest BCUT2D eigenvalue weighted by Gasteiger charge is 2.34. The minimum atomic E-state index is -0.506. The van der Waals surface area contributed by atoms with Crippen molar-refractivity contribution in [2.75, 3.05) is 0 Å². The number of amides is 1. The first-order chi connectivity index (χ1) is 12.0. The fourth-order valence-corrected chi connectivity index (χ4v) is 2.95. The Balaban J connectivity index is 1.74. The summed E-state index contributed by atoms with van der Waals surface area (Å²) in [4.78, 5) is 27.0. The lowest BCUT2D eigenvalue weighted by Crippen LogP contribution is -2.46. The van der Waals surface area contributed by atoms with Crippen LogP contribution in [0.25, 0.3) is 0 Å². The van der Waals surface area contributed by atoms with E-state index in [0.29, 0.717) is 11.1 Å². The summed E-state index contributed by atoms with van der Waals surface area (Å²) in [7, 11) is 0. The highest BCUT2D eigenvalue weighted by Crippen LogP contribution is 2.27. The number of pyridine rings is 1. The molecule has 0 saturated carbocycles. The van der Waals surface area contributed by atoms with Crippen LogP contribution >= 0.6 is 0 Å². The van der Waals surface area contributed by atoms with E-state index in [2.05, 4.69) is 21.2 Å². The number of aromatic nitrogens is 1. The molecule has 3 unspecified atom stereocenters. The number of carbonyl (C=O) groups is 1. The maximum Gasteiger partial charge on any atom is 0.270 e. The van der Waals surface area contributed by atoms with Crippen molar-refractivity contribution in [3.63, 3.8) is 0 Å². The van der Waals surface area contributed by atoms with Crippen LogP contribution in [0.2, 0.25) is 0 Å². The van der Waals surface area contributed by atoms with Crippen molar-refractivity contribution in [2.45, 2.75) is 26.1 Å². The van der Waals surface area contributed by atoms with E-state index in [1.165, 1.54) is 12.1 Å². The van der Waals surface area contributed by atoms with Crippen molar-refractivity contribution >= 4 is 11.6 Å². The first-order valence-electron chi connectivity index (χ1n) is 7.94. The molecule has 25 heavy (non-hydrogen) atoms. The number of nitro benzene ring substituents is 1. The summed E-state index contributed by atoms with van der Waals surface area (Å²) < 4.78 is 0. The summed E-state index contributed by atoms with van der Waals surface area (Å²) in [6.45, 7) is 3.77. The van der Waals surface area contributed by atoms with Gasteiger partial charge in [0.2, 0.25) is 0 Å². The van der Waals surface area contributed by atoms with Crippen molar-refractivity contribution in [1.29, 1.82) is 0 Å². The quantitative estimate of drug-likeness (QED) is 0.578. The molecule has 0 spiro atoms. The third kappa shape index (κ3) is 3.49. The zero-order chi connectivity index (χ0) is 18.0. The normalized spacial score (nSPS) is 22.6. The Hall–Kier alpha value is -2.84. The van der Waals surface area contributed by atoms with Gasteiger partial charge in [-0.05, 0) is 30.2 Å². The maximum atomic E-state index is 12.6. The summed E-state index contributed by atoms with van der Waals surface area (Å²) in [5, 5.41) is 13.8. The van der Waals surface area contributed by atoms with Gasteiger partial charge >= 0.3 is 0 Å². The number of carbonyl (C=O) groups excluding carboxylic acids is 1. The lowest BCUT2D eigenvalue weighted by molar-refractivity contribution is -0.384. The molecule has 1 aromatic carbocycles. The lowest BCUT2D eigenvalue weighted by atomic mass is 9.95. The number of hydrogen-bond donors (Lipinski definition) is 3. The Morgan fingerprint density at radius 1 is 1.24 bits per heavy atom. The Morgan fingerprint density at radius 3 is 2.64 bits per heavy atom. The first kappa shape index (κ1) is 17.0. The number of benzene rings is 1. The van der Waals surface area contributed by atoms with Crippen LogP contribution in [0, 0.1) is 23.0 Å². The molecule has 1 amide bonds. The Morgan fingerprint density at radius 2 is 1.96 bits per heavy atom. The first-order valence-corrected chi connectivity index (χ1v) is 7.94. The van der Waals surface area contributed by atoms with Crippen molar-refractivity contribution in [3.8, 4) is 0 Å². The second kappa shape index (κ2) is 6.96. The van der Waals surface area contributed by atoms with Crippen molar-refractivity contribution in [2.24, 2.45) is 5.92 Å². The predicted octanol–water partition coefficient (Wildman–Crippen LogP) is 1.84. The minimum Gasteiger partial charge on any atom is -0.335 e. The number of aryl methyl sites for hydroxylation is 1. The van der Waals surface area contributed by atoms with E-state index in [1.54, 1.807) is 25.4 Å². The largest absolute Gasteiger partial charge is 0.335 e. The molecule has 1 fully saturated rings. The van der Waals surface area contributed by atoms with Gasteiger partial charge in [0.05, 0.1) is 17.1 Å². The Bertz CT molecular complexity index is 796. The molecule has 2 aromatic rings. The molecule has 1 aliphatic rings. The third-order valence-corrected chi connectivity index (χ3v) is 4.47. The van der Waals surface area contributed by atoms with Gasteiger partial charge in [-0.25, -0.2) is 10.9 Å². The third-order valence-electron chi connectivity index (χ3n) is 4.47. The molecule has 1 aliphatic heterocycles. The number of nitrogens with zero attached hydrogens (tertiary/aromatic N) is 2. The minimum absolute atomic E-state index is 0.0273. The van der Waals surface area contributed by atoms with Gasteiger partial charge in [0.25, 0.3) is 11.6 Å². The van der Waals surface area contributed by atoms with Crippen LogP contribution in [0.5, 0.6) is 0 Å². The molecule has 3 N–H and O–H groups in total. The van der Waals surface area contributed by atoms with Crippen LogP contribution in [-0.4, -0.2) is 22.0 Å². The SMILES string of the molecule is Cc1ccc([N+](=O)[O-])cc1C(=O)NC1NNC(c2ccncc2)C1C. The summed E-state index contributed by atoms with van der Waals surface area (Å²) in [5.41, 5.74) is 8.21. The Kier molecular flexibility index (Phi) is 4.73. The van der Waals surface area contributed by atoms with Crippen LogP contribution < -0.4 is 16.2 Å². The van der Waals surface area contributed by atoms with Crippen molar-refractivity contribution in [3.05, 3.63) is 69.5 Å². The zero-order valence-electron chi connectivity index (χ0n) is 13.9. The molecule has 1 saturated heterocycles. The molecule has 0 bridgehead atoms. The molecule has 3 atom stereocenters. The van der Waals surface area contributed by atoms with Gasteiger partial charge in [-0.3, -0.25) is 19.9 Å². The molecule has 3 rings (SSSR count). The second-order valence-corrected chi connectivity index (χ2v) is 6.11. The van der Waals surface area contributed by atoms with Crippen LogP contribution in [0.15, 0.2) is 42.7 Å². The zero-order valence-corrected chi connectivity index (χ0v) is 13.9. The van der Waals surface area contributed by atoms with E-state index in [0.717, 1.165) is 5.56 Å². The fraction of sp³-hybridized carbons (Fsp3) is 0.294. The number of hydrazine groups is 1.